The van der Waals surface area contributed by atoms with Crippen LogP contribution in [0.3, 0.4) is 0 Å². The molecule has 0 unspecified atom stereocenters. The van der Waals surface area contributed by atoms with E-state index in [1.807, 2.05) is 31.2 Å². The third kappa shape index (κ3) is 4.46. The molecule has 23 heavy (non-hydrogen) atoms. The Kier molecular flexibility index (Phi) is 5.58. The van der Waals surface area contributed by atoms with Crippen LogP contribution in [0.5, 0.6) is 0 Å². The van der Waals surface area contributed by atoms with Gasteiger partial charge in [-0.2, -0.15) is 0 Å². The van der Waals surface area contributed by atoms with Crippen molar-refractivity contribution >= 4 is 23.7 Å². The Morgan fingerprint density at radius 2 is 1.96 bits per heavy atom. The number of nitrogens with zero attached hydrogens (tertiary/aromatic N) is 3. The molecule has 0 fully saturated rings. The van der Waals surface area contributed by atoms with Crippen molar-refractivity contribution in [1.82, 2.24) is 25.5 Å². The van der Waals surface area contributed by atoms with E-state index in [0.717, 1.165) is 22.9 Å². The van der Waals surface area contributed by atoms with E-state index in [2.05, 4.69) is 20.8 Å². The molecule has 0 atom stereocenters. The Morgan fingerprint density at radius 3 is 2.61 bits per heavy atom. The van der Waals surface area contributed by atoms with Crippen molar-refractivity contribution in [2.45, 2.75) is 19.0 Å². The summed E-state index contributed by atoms with van der Waals surface area (Å²) in [6.07, 6.45) is 0. The summed E-state index contributed by atoms with van der Waals surface area (Å²) < 4.78 is 1.33. The van der Waals surface area contributed by atoms with Crippen molar-refractivity contribution in [3.8, 4) is 11.4 Å². The van der Waals surface area contributed by atoms with Gasteiger partial charge in [0.05, 0.1) is 5.75 Å². The van der Waals surface area contributed by atoms with Crippen LogP contribution in [0.2, 0.25) is 0 Å². The van der Waals surface area contributed by atoms with E-state index in [4.69, 9.17) is 5.84 Å². The number of thioether (sulfide) groups is 1. The fraction of sp³-hybridized carbons (Fsp3) is 0.286. The molecule has 0 aliphatic rings. The van der Waals surface area contributed by atoms with Crippen molar-refractivity contribution in [3.63, 3.8) is 0 Å². The third-order valence-corrected chi connectivity index (χ3v) is 3.84. The van der Waals surface area contributed by atoms with Gasteiger partial charge >= 0.3 is 6.03 Å². The number of nitrogens with two attached hydrogens (primary N) is 1. The maximum Gasteiger partial charge on any atom is 0.321 e. The Morgan fingerprint density at radius 1 is 1.26 bits per heavy atom. The molecule has 1 aromatic heterocycles. The molecule has 2 rings (SSSR count). The first-order chi connectivity index (χ1) is 11.0. The average Bonchev–Trinajstić information content (AvgIpc) is 2.87. The van der Waals surface area contributed by atoms with Crippen LogP contribution in [-0.4, -0.2) is 39.1 Å². The molecule has 9 heteroatoms. The molecule has 0 bridgehead atoms. The second-order valence-electron chi connectivity index (χ2n) is 4.74. The number of aromatic nitrogens is 3. The molecule has 0 aliphatic heterocycles. The first-order valence-electron chi connectivity index (χ1n) is 6.99. The second-order valence-corrected chi connectivity index (χ2v) is 5.68. The molecule has 0 spiro atoms. The van der Waals surface area contributed by atoms with Gasteiger partial charge in [0.1, 0.15) is 0 Å². The molecule has 122 valence electrons. The standard InChI is InChI=1S/C14H18N6O2S/c1-3-16-13(22)17-11(21)8-23-14-19-18-12(20(14)15)10-6-4-9(2)5-7-10/h4-7H,3,8,15H2,1-2H3,(H2,16,17,21,22). The summed E-state index contributed by atoms with van der Waals surface area (Å²) in [5.74, 6) is 6.06. The number of hydrogen-bond acceptors (Lipinski definition) is 6. The van der Waals surface area contributed by atoms with Crippen molar-refractivity contribution in [2.75, 3.05) is 18.1 Å². The fourth-order valence-corrected chi connectivity index (χ4v) is 2.43. The molecule has 8 nitrogen and oxygen atoms in total. The number of amides is 3. The van der Waals surface area contributed by atoms with Crippen molar-refractivity contribution in [3.05, 3.63) is 29.8 Å². The van der Waals surface area contributed by atoms with E-state index in [1.165, 1.54) is 4.68 Å². The van der Waals surface area contributed by atoms with E-state index < -0.39 is 11.9 Å². The van der Waals surface area contributed by atoms with Gasteiger partial charge in [0.2, 0.25) is 11.1 Å². The molecule has 3 amide bonds. The quantitative estimate of drug-likeness (QED) is 0.553. The summed E-state index contributed by atoms with van der Waals surface area (Å²) >= 11 is 1.11. The molecule has 0 aliphatic carbocycles. The highest BCUT2D eigenvalue weighted by atomic mass is 32.2. The minimum Gasteiger partial charge on any atom is -0.338 e. The molecule has 0 saturated heterocycles. The van der Waals surface area contributed by atoms with Crippen molar-refractivity contribution < 1.29 is 9.59 Å². The molecule has 1 aromatic carbocycles. The minimum atomic E-state index is -0.521. The Labute approximate surface area is 137 Å². The molecular formula is C14H18N6O2S. The maximum atomic E-state index is 11.6. The Hall–Kier alpha value is -2.55. The highest BCUT2D eigenvalue weighted by Crippen LogP contribution is 2.21. The highest BCUT2D eigenvalue weighted by Gasteiger charge is 2.14. The summed E-state index contributed by atoms with van der Waals surface area (Å²) in [6.45, 7) is 4.21. The number of benzene rings is 1. The lowest BCUT2D eigenvalue weighted by atomic mass is 10.1. The van der Waals surface area contributed by atoms with Gasteiger partial charge in [-0.1, -0.05) is 41.6 Å². The van der Waals surface area contributed by atoms with Gasteiger partial charge < -0.3 is 11.2 Å². The van der Waals surface area contributed by atoms with Crippen LogP contribution >= 0.6 is 11.8 Å². The number of carbonyl (C=O) groups is 2. The Balaban J connectivity index is 1.98. The normalized spacial score (nSPS) is 10.3. The molecule has 1 heterocycles. The number of hydrogen-bond donors (Lipinski definition) is 3. The van der Waals surface area contributed by atoms with Crippen molar-refractivity contribution in [1.29, 1.82) is 0 Å². The zero-order chi connectivity index (χ0) is 16.8. The predicted molar refractivity (Wildman–Crippen MR) is 88.3 cm³/mol. The van der Waals surface area contributed by atoms with Crippen LogP contribution in [0.25, 0.3) is 11.4 Å². The topological polar surface area (TPSA) is 115 Å². The fourth-order valence-electron chi connectivity index (χ4n) is 1.77. The summed E-state index contributed by atoms with van der Waals surface area (Å²) in [4.78, 5) is 22.9. The zero-order valence-corrected chi connectivity index (χ0v) is 13.7. The van der Waals surface area contributed by atoms with E-state index in [-0.39, 0.29) is 5.75 Å². The van der Waals surface area contributed by atoms with Crippen LogP contribution in [-0.2, 0) is 4.79 Å². The molecule has 2 aromatic rings. The lowest BCUT2D eigenvalue weighted by Crippen LogP contribution is -2.40. The number of urea groups is 1. The average molecular weight is 334 g/mol. The summed E-state index contributed by atoms with van der Waals surface area (Å²) in [6, 6.07) is 7.19. The molecular weight excluding hydrogens is 316 g/mol. The van der Waals surface area contributed by atoms with Crippen molar-refractivity contribution in [2.24, 2.45) is 0 Å². The lowest BCUT2D eigenvalue weighted by molar-refractivity contribution is -0.117. The Bertz CT molecular complexity index is 698. The largest absolute Gasteiger partial charge is 0.338 e. The zero-order valence-electron chi connectivity index (χ0n) is 12.9. The van der Waals surface area contributed by atoms with E-state index >= 15 is 0 Å². The van der Waals surface area contributed by atoms with Gasteiger partial charge in [0, 0.05) is 12.1 Å². The van der Waals surface area contributed by atoms with Gasteiger partial charge in [-0.15, -0.1) is 10.2 Å². The third-order valence-electron chi connectivity index (χ3n) is 2.90. The monoisotopic (exact) mass is 334 g/mol. The summed E-state index contributed by atoms with van der Waals surface area (Å²) in [5, 5.41) is 13.1. The van der Waals surface area contributed by atoms with E-state index in [9.17, 15) is 9.59 Å². The van der Waals surface area contributed by atoms with Gasteiger partial charge in [-0.3, -0.25) is 10.1 Å². The molecule has 0 radical (unpaired) electrons. The van der Waals surface area contributed by atoms with E-state index in [0.29, 0.717) is 17.5 Å². The van der Waals surface area contributed by atoms with Gasteiger partial charge in [-0.05, 0) is 13.8 Å². The minimum absolute atomic E-state index is 0.0143. The smallest absolute Gasteiger partial charge is 0.321 e. The summed E-state index contributed by atoms with van der Waals surface area (Å²) in [5.41, 5.74) is 1.97. The maximum absolute atomic E-state index is 11.6. The van der Waals surface area contributed by atoms with Crippen LogP contribution in [0.4, 0.5) is 4.79 Å². The van der Waals surface area contributed by atoms with Crippen LogP contribution in [0, 0.1) is 6.92 Å². The van der Waals surface area contributed by atoms with Crippen LogP contribution in [0.1, 0.15) is 12.5 Å². The predicted octanol–water partition coefficient (Wildman–Crippen LogP) is 0.905. The van der Waals surface area contributed by atoms with Crippen LogP contribution < -0.4 is 16.5 Å². The van der Waals surface area contributed by atoms with E-state index in [1.54, 1.807) is 6.92 Å². The first kappa shape index (κ1) is 16.8. The number of rotatable bonds is 5. The number of nitrogens with one attached hydrogen (secondary N) is 2. The van der Waals surface area contributed by atoms with Gasteiger partial charge in [-0.25, -0.2) is 9.47 Å². The van der Waals surface area contributed by atoms with Gasteiger partial charge in [0.15, 0.2) is 5.82 Å². The van der Waals surface area contributed by atoms with Gasteiger partial charge in [0.25, 0.3) is 0 Å². The molecule has 4 N–H and O–H groups in total. The SMILES string of the molecule is CCNC(=O)NC(=O)CSc1nnc(-c2ccc(C)cc2)n1N. The second kappa shape index (κ2) is 7.63. The first-order valence-corrected chi connectivity index (χ1v) is 7.97. The lowest BCUT2D eigenvalue weighted by Gasteiger charge is -2.05. The number of imide groups is 1. The van der Waals surface area contributed by atoms with Crippen LogP contribution in [0.15, 0.2) is 29.4 Å². The summed E-state index contributed by atoms with van der Waals surface area (Å²) in [7, 11) is 0. The number of aryl methyl sites for hydroxylation is 1. The number of carbonyl (C=O) groups excluding carboxylic acids is 2. The molecule has 0 saturated carbocycles. The number of nitrogen functional groups attached to an aromatic ring is 1. The highest BCUT2D eigenvalue weighted by molar-refractivity contribution is 7.99.